The number of hydrogen-bond acceptors (Lipinski definition) is 4. The van der Waals surface area contributed by atoms with Gasteiger partial charge in [-0.05, 0) is 11.8 Å². The van der Waals surface area contributed by atoms with Gasteiger partial charge in [-0.1, -0.05) is 63.4 Å². The molecular formula is C12H20N2S3. The Kier molecular flexibility index (Phi) is 4.42. The maximum atomic E-state index is 5.47. The molecule has 2 atom stereocenters. The SMILES string of the molecule is CC(C)[C@H]1CSC(=S)N1C1=N[C@@H](C(C)C)CS1. The summed E-state index contributed by atoms with van der Waals surface area (Å²) in [6.07, 6.45) is 0. The number of thioether (sulfide) groups is 2. The van der Waals surface area contributed by atoms with Gasteiger partial charge in [0.1, 0.15) is 4.32 Å². The van der Waals surface area contributed by atoms with Crippen molar-refractivity contribution < 1.29 is 0 Å². The lowest BCUT2D eigenvalue weighted by Gasteiger charge is -2.27. The molecule has 2 rings (SSSR count). The molecule has 2 aliphatic heterocycles. The summed E-state index contributed by atoms with van der Waals surface area (Å²) in [7, 11) is 0. The van der Waals surface area contributed by atoms with E-state index < -0.39 is 0 Å². The van der Waals surface area contributed by atoms with Crippen molar-refractivity contribution in [2.24, 2.45) is 16.8 Å². The molecule has 2 nitrogen and oxygen atoms in total. The first-order chi connectivity index (χ1) is 8.00. The monoisotopic (exact) mass is 288 g/mol. The molecule has 0 aromatic carbocycles. The van der Waals surface area contributed by atoms with E-state index in [-0.39, 0.29) is 0 Å². The highest BCUT2D eigenvalue weighted by atomic mass is 32.2. The molecule has 1 saturated heterocycles. The Morgan fingerprint density at radius 3 is 2.41 bits per heavy atom. The third-order valence-electron chi connectivity index (χ3n) is 3.31. The van der Waals surface area contributed by atoms with Crippen LogP contribution in [0.2, 0.25) is 0 Å². The molecule has 0 aromatic heterocycles. The van der Waals surface area contributed by atoms with E-state index in [0.717, 1.165) is 21.0 Å². The van der Waals surface area contributed by atoms with Crippen molar-refractivity contribution in [1.82, 2.24) is 4.90 Å². The fourth-order valence-electron chi connectivity index (χ4n) is 2.00. The first-order valence-corrected chi connectivity index (χ1v) is 8.55. The van der Waals surface area contributed by atoms with E-state index in [0.29, 0.717) is 23.9 Å². The Hall–Kier alpha value is 0.260. The van der Waals surface area contributed by atoms with Crippen LogP contribution in [-0.2, 0) is 0 Å². The number of rotatable bonds is 2. The fraction of sp³-hybridized carbons (Fsp3) is 0.833. The number of hydrogen-bond donors (Lipinski definition) is 0. The van der Waals surface area contributed by atoms with Crippen molar-refractivity contribution >= 4 is 45.2 Å². The summed E-state index contributed by atoms with van der Waals surface area (Å²) in [6, 6.07) is 1.00. The Morgan fingerprint density at radius 2 is 1.88 bits per heavy atom. The second-order valence-electron chi connectivity index (χ2n) is 5.29. The first-order valence-electron chi connectivity index (χ1n) is 6.17. The van der Waals surface area contributed by atoms with Crippen LogP contribution < -0.4 is 0 Å². The molecule has 96 valence electrons. The lowest BCUT2D eigenvalue weighted by molar-refractivity contribution is 0.386. The van der Waals surface area contributed by atoms with Crippen LogP contribution in [0.15, 0.2) is 4.99 Å². The van der Waals surface area contributed by atoms with Crippen LogP contribution in [0.3, 0.4) is 0 Å². The third kappa shape index (κ3) is 2.82. The smallest absolute Gasteiger partial charge is 0.165 e. The first kappa shape index (κ1) is 13.7. The van der Waals surface area contributed by atoms with Crippen LogP contribution in [0.4, 0.5) is 0 Å². The minimum absolute atomic E-state index is 0.469. The summed E-state index contributed by atoms with van der Waals surface area (Å²) in [6.45, 7) is 9.03. The predicted molar refractivity (Wildman–Crippen MR) is 84.0 cm³/mol. The standard InChI is InChI=1S/C12H20N2S3/c1-7(2)9-5-16-11(13-9)14-10(8(3)4)6-17-12(14)15/h7-10H,5-6H2,1-4H3/t9-,10-/m1/s1. The highest BCUT2D eigenvalue weighted by Gasteiger charge is 2.37. The van der Waals surface area contributed by atoms with Crippen LogP contribution in [0.1, 0.15) is 27.7 Å². The molecule has 0 N–H and O–H groups in total. The molecule has 0 aromatic rings. The van der Waals surface area contributed by atoms with Crippen molar-refractivity contribution in [2.75, 3.05) is 11.5 Å². The van der Waals surface area contributed by atoms with E-state index in [9.17, 15) is 0 Å². The van der Waals surface area contributed by atoms with E-state index in [2.05, 4.69) is 32.6 Å². The minimum atomic E-state index is 0.469. The van der Waals surface area contributed by atoms with E-state index in [1.165, 1.54) is 0 Å². The minimum Gasteiger partial charge on any atom is -0.302 e. The largest absolute Gasteiger partial charge is 0.302 e. The third-order valence-corrected chi connectivity index (χ3v) is 5.88. The molecule has 0 saturated carbocycles. The second kappa shape index (κ2) is 5.49. The molecule has 0 spiro atoms. The van der Waals surface area contributed by atoms with E-state index in [4.69, 9.17) is 17.2 Å². The molecule has 0 aliphatic carbocycles. The van der Waals surface area contributed by atoms with Gasteiger partial charge >= 0.3 is 0 Å². The van der Waals surface area contributed by atoms with E-state index in [1.807, 2.05) is 11.8 Å². The van der Waals surface area contributed by atoms with Gasteiger partial charge in [-0.2, -0.15) is 0 Å². The van der Waals surface area contributed by atoms with Crippen LogP contribution >= 0.6 is 35.7 Å². The van der Waals surface area contributed by atoms with Gasteiger partial charge in [0.25, 0.3) is 0 Å². The number of aliphatic imine (C=N–C) groups is 1. The Morgan fingerprint density at radius 1 is 1.18 bits per heavy atom. The highest BCUT2D eigenvalue weighted by molar-refractivity contribution is 8.23. The van der Waals surface area contributed by atoms with Gasteiger partial charge in [0, 0.05) is 17.5 Å². The van der Waals surface area contributed by atoms with Crippen LogP contribution in [-0.4, -0.2) is 38.0 Å². The van der Waals surface area contributed by atoms with Gasteiger partial charge < -0.3 is 4.90 Å². The number of thiocarbonyl (C=S) groups is 1. The zero-order valence-corrected chi connectivity index (χ0v) is 13.3. The zero-order chi connectivity index (χ0) is 12.6. The molecule has 17 heavy (non-hydrogen) atoms. The van der Waals surface area contributed by atoms with Crippen LogP contribution in [0, 0.1) is 11.8 Å². The van der Waals surface area contributed by atoms with Crippen molar-refractivity contribution in [3.8, 4) is 0 Å². The number of amidine groups is 1. The Bertz CT molecular complexity index is 339. The second-order valence-corrected chi connectivity index (χ2v) is 7.93. The van der Waals surface area contributed by atoms with Crippen molar-refractivity contribution in [3.05, 3.63) is 0 Å². The molecule has 0 radical (unpaired) electrons. The summed E-state index contributed by atoms with van der Waals surface area (Å²) in [5.41, 5.74) is 0. The summed E-state index contributed by atoms with van der Waals surface area (Å²) < 4.78 is 1.01. The summed E-state index contributed by atoms with van der Waals surface area (Å²) in [5.74, 6) is 3.48. The summed E-state index contributed by atoms with van der Waals surface area (Å²) >= 11 is 9.15. The summed E-state index contributed by atoms with van der Waals surface area (Å²) in [5, 5.41) is 1.16. The fourth-order valence-corrected chi connectivity index (χ4v) is 5.10. The maximum absolute atomic E-state index is 5.47. The number of nitrogens with zero attached hydrogens (tertiary/aromatic N) is 2. The van der Waals surface area contributed by atoms with Gasteiger partial charge in [0.05, 0.1) is 6.04 Å². The van der Waals surface area contributed by atoms with Gasteiger partial charge in [0.2, 0.25) is 0 Å². The molecular weight excluding hydrogens is 268 g/mol. The lowest BCUT2D eigenvalue weighted by Crippen LogP contribution is -2.39. The van der Waals surface area contributed by atoms with Gasteiger partial charge in [-0.25, -0.2) is 0 Å². The topological polar surface area (TPSA) is 15.6 Å². The predicted octanol–water partition coefficient (Wildman–Crippen LogP) is 3.47. The molecule has 2 aliphatic rings. The summed E-state index contributed by atoms with van der Waals surface area (Å²) in [4.78, 5) is 7.16. The quantitative estimate of drug-likeness (QED) is 0.723. The van der Waals surface area contributed by atoms with Crippen molar-refractivity contribution in [1.29, 1.82) is 0 Å². The molecule has 0 bridgehead atoms. The van der Waals surface area contributed by atoms with Gasteiger partial charge in [-0.3, -0.25) is 4.99 Å². The molecule has 1 fully saturated rings. The Labute approximate surface area is 118 Å². The highest BCUT2D eigenvalue weighted by Crippen LogP contribution is 2.35. The zero-order valence-electron chi connectivity index (χ0n) is 10.8. The van der Waals surface area contributed by atoms with Crippen LogP contribution in [0.5, 0.6) is 0 Å². The van der Waals surface area contributed by atoms with E-state index >= 15 is 0 Å². The Balaban J connectivity index is 2.16. The van der Waals surface area contributed by atoms with E-state index in [1.54, 1.807) is 11.8 Å². The van der Waals surface area contributed by atoms with Crippen molar-refractivity contribution in [3.63, 3.8) is 0 Å². The van der Waals surface area contributed by atoms with Crippen LogP contribution in [0.25, 0.3) is 0 Å². The average Bonchev–Trinajstić information content (AvgIpc) is 2.82. The normalized spacial score (nSPS) is 29.6. The van der Waals surface area contributed by atoms with Gasteiger partial charge in [-0.15, -0.1) is 0 Å². The maximum Gasteiger partial charge on any atom is 0.165 e. The molecule has 0 amide bonds. The molecule has 0 unspecified atom stereocenters. The molecule has 2 heterocycles. The lowest BCUT2D eigenvalue weighted by atomic mass is 10.1. The van der Waals surface area contributed by atoms with Gasteiger partial charge in [0.15, 0.2) is 5.17 Å². The van der Waals surface area contributed by atoms with Crippen molar-refractivity contribution in [2.45, 2.75) is 39.8 Å². The average molecular weight is 289 g/mol. The molecule has 5 heteroatoms.